The summed E-state index contributed by atoms with van der Waals surface area (Å²) in [6, 6.07) is 9.28. The SMILES string of the molecule is CC(C)[C@H]1CCC[C@H](C(=O)N[C@H](Cc2ccccc2)C(=O)OCCCCC[C@]2(C)CCSS2)C1. The molecule has 2 fully saturated rings. The van der Waals surface area contributed by atoms with Crippen LogP contribution in [0.2, 0.25) is 0 Å². The summed E-state index contributed by atoms with van der Waals surface area (Å²) in [5.74, 6) is 2.15. The first-order valence-electron chi connectivity index (χ1n) is 13.2. The van der Waals surface area contributed by atoms with Crippen molar-refractivity contribution in [2.45, 2.75) is 95.8 Å². The van der Waals surface area contributed by atoms with Crippen molar-refractivity contribution < 1.29 is 14.3 Å². The van der Waals surface area contributed by atoms with Crippen LogP contribution in [-0.2, 0) is 20.7 Å². The van der Waals surface area contributed by atoms with E-state index >= 15 is 0 Å². The van der Waals surface area contributed by atoms with Gasteiger partial charge in [-0.1, -0.05) is 91.5 Å². The van der Waals surface area contributed by atoms with Crippen LogP contribution in [0.25, 0.3) is 0 Å². The molecule has 6 heteroatoms. The summed E-state index contributed by atoms with van der Waals surface area (Å²) in [7, 11) is 4.01. The highest BCUT2D eigenvalue weighted by molar-refractivity contribution is 8.77. The fourth-order valence-corrected chi connectivity index (χ4v) is 8.40. The first kappa shape index (κ1) is 27.4. The lowest BCUT2D eigenvalue weighted by molar-refractivity contribution is -0.148. The smallest absolute Gasteiger partial charge is 0.328 e. The van der Waals surface area contributed by atoms with E-state index in [4.69, 9.17) is 4.74 Å². The number of rotatable bonds is 12. The predicted octanol–water partition coefficient (Wildman–Crippen LogP) is 6.82. The van der Waals surface area contributed by atoms with Crippen LogP contribution in [0, 0.1) is 17.8 Å². The summed E-state index contributed by atoms with van der Waals surface area (Å²) in [6.45, 7) is 7.28. The first-order chi connectivity index (χ1) is 16.4. The van der Waals surface area contributed by atoms with E-state index in [-0.39, 0.29) is 17.8 Å². The topological polar surface area (TPSA) is 55.4 Å². The number of carbonyl (C=O) groups excluding carboxylic acids is 2. The molecule has 1 amide bonds. The largest absolute Gasteiger partial charge is 0.464 e. The molecule has 4 atom stereocenters. The first-order valence-corrected chi connectivity index (χ1v) is 15.5. The molecule has 4 nitrogen and oxygen atoms in total. The molecule has 1 N–H and O–H groups in total. The average Bonchev–Trinajstić information content (AvgIpc) is 3.27. The van der Waals surface area contributed by atoms with Crippen molar-refractivity contribution in [3.8, 4) is 0 Å². The Labute approximate surface area is 214 Å². The molecule has 0 spiro atoms. The van der Waals surface area contributed by atoms with Crippen LogP contribution < -0.4 is 5.32 Å². The van der Waals surface area contributed by atoms with Gasteiger partial charge in [-0.15, -0.1) is 0 Å². The number of unbranched alkanes of at least 4 members (excludes halogenated alkanes) is 2. The second kappa shape index (κ2) is 13.8. The minimum Gasteiger partial charge on any atom is -0.464 e. The van der Waals surface area contributed by atoms with Crippen molar-refractivity contribution >= 4 is 33.5 Å². The Kier molecular flexibility index (Phi) is 11.2. The van der Waals surface area contributed by atoms with Gasteiger partial charge in [0.15, 0.2) is 0 Å². The molecule has 1 saturated heterocycles. The van der Waals surface area contributed by atoms with E-state index in [0.717, 1.165) is 37.7 Å². The summed E-state index contributed by atoms with van der Waals surface area (Å²) in [5.41, 5.74) is 1.04. The lowest BCUT2D eigenvalue weighted by Gasteiger charge is -2.31. The van der Waals surface area contributed by atoms with Gasteiger partial charge in [0, 0.05) is 22.8 Å². The maximum Gasteiger partial charge on any atom is 0.328 e. The highest BCUT2D eigenvalue weighted by atomic mass is 33.1. The third-order valence-electron chi connectivity index (χ3n) is 7.48. The standard InChI is InChI=1S/C28H43NO3S2/c1-21(2)23-13-10-14-24(20-23)26(30)29-25(19-22-11-6-4-7-12-22)27(31)32-17-9-5-8-15-28(3)16-18-33-34-28/h4,6-7,11-12,21,23-25H,5,8-10,13-20H2,1-3H3,(H,29,30)/t23-,24-,25+,28+/m0/s1. The van der Waals surface area contributed by atoms with Crippen molar-refractivity contribution in [1.29, 1.82) is 0 Å². The molecule has 34 heavy (non-hydrogen) atoms. The molecule has 0 radical (unpaired) electrons. The van der Waals surface area contributed by atoms with Gasteiger partial charge in [0.25, 0.3) is 0 Å². The van der Waals surface area contributed by atoms with Gasteiger partial charge in [-0.05, 0) is 56.4 Å². The van der Waals surface area contributed by atoms with Gasteiger partial charge in [0.1, 0.15) is 6.04 Å². The molecule has 1 aliphatic carbocycles. The van der Waals surface area contributed by atoms with Crippen molar-refractivity contribution in [1.82, 2.24) is 5.32 Å². The van der Waals surface area contributed by atoms with Crippen molar-refractivity contribution in [3.05, 3.63) is 35.9 Å². The molecule has 3 rings (SSSR count). The van der Waals surface area contributed by atoms with E-state index in [1.54, 1.807) is 0 Å². The number of carbonyl (C=O) groups is 2. The third-order valence-corrected chi connectivity index (χ3v) is 10.8. The Morgan fingerprint density at radius 1 is 1.15 bits per heavy atom. The lowest BCUT2D eigenvalue weighted by atomic mass is 9.76. The Balaban J connectivity index is 1.48. The summed E-state index contributed by atoms with van der Waals surface area (Å²) in [5, 5.41) is 3.07. The van der Waals surface area contributed by atoms with Gasteiger partial charge >= 0.3 is 5.97 Å². The zero-order valence-electron chi connectivity index (χ0n) is 21.2. The van der Waals surface area contributed by atoms with Crippen molar-refractivity contribution in [2.24, 2.45) is 17.8 Å². The van der Waals surface area contributed by atoms with Crippen LogP contribution in [-0.4, -0.2) is 35.0 Å². The van der Waals surface area contributed by atoms with Gasteiger partial charge in [0.2, 0.25) is 5.91 Å². The van der Waals surface area contributed by atoms with Crippen molar-refractivity contribution in [2.75, 3.05) is 12.4 Å². The Hall–Kier alpha value is -1.14. The molecule has 0 aromatic heterocycles. The minimum absolute atomic E-state index is 0.000193. The fourth-order valence-electron chi connectivity index (χ4n) is 5.10. The van der Waals surface area contributed by atoms with E-state index in [1.165, 1.54) is 31.4 Å². The van der Waals surface area contributed by atoms with E-state index in [0.29, 0.717) is 29.6 Å². The molecule has 0 unspecified atom stereocenters. The van der Waals surface area contributed by atoms with Crippen LogP contribution in [0.5, 0.6) is 0 Å². The van der Waals surface area contributed by atoms with Crippen LogP contribution in [0.1, 0.15) is 84.1 Å². The highest BCUT2D eigenvalue weighted by Gasteiger charge is 2.32. The maximum atomic E-state index is 13.1. The van der Waals surface area contributed by atoms with Gasteiger partial charge in [-0.25, -0.2) is 4.79 Å². The number of hydrogen-bond acceptors (Lipinski definition) is 5. The summed E-state index contributed by atoms with van der Waals surface area (Å²) in [6.07, 6.45) is 10.2. The summed E-state index contributed by atoms with van der Waals surface area (Å²) in [4.78, 5) is 26.1. The molecule has 2 aliphatic rings. The normalized spacial score (nSPS) is 25.8. The monoisotopic (exact) mass is 505 g/mol. The van der Waals surface area contributed by atoms with E-state index in [9.17, 15) is 9.59 Å². The quantitative estimate of drug-likeness (QED) is 0.192. The van der Waals surface area contributed by atoms with E-state index in [2.05, 4.69) is 26.1 Å². The number of benzene rings is 1. The van der Waals surface area contributed by atoms with Crippen LogP contribution in [0.4, 0.5) is 0 Å². The molecule has 0 bridgehead atoms. The zero-order chi connectivity index (χ0) is 24.4. The highest BCUT2D eigenvalue weighted by Crippen LogP contribution is 2.49. The number of amides is 1. The van der Waals surface area contributed by atoms with Gasteiger partial charge in [0.05, 0.1) is 6.61 Å². The van der Waals surface area contributed by atoms with Crippen LogP contribution in [0.3, 0.4) is 0 Å². The second-order valence-electron chi connectivity index (χ2n) is 10.7. The minimum atomic E-state index is -0.625. The van der Waals surface area contributed by atoms with Crippen LogP contribution in [0.15, 0.2) is 30.3 Å². The number of hydrogen-bond donors (Lipinski definition) is 1. The Bertz CT molecular complexity index is 764. The predicted molar refractivity (Wildman–Crippen MR) is 145 cm³/mol. The van der Waals surface area contributed by atoms with Gasteiger partial charge in [-0.3, -0.25) is 4.79 Å². The molecule has 1 aromatic rings. The molecule has 1 aromatic carbocycles. The Morgan fingerprint density at radius 3 is 2.65 bits per heavy atom. The Morgan fingerprint density at radius 2 is 1.94 bits per heavy atom. The van der Waals surface area contributed by atoms with E-state index < -0.39 is 6.04 Å². The van der Waals surface area contributed by atoms with Crippen molar-refractivity contribution in [3.63, 3.8) is 0 Å². The van der Waals surface area contributed by atoms with Crippen LogP contribution >= 0.6 is 21.6 Å². The average molecular weight is 506 g/mol. The molecular weight excluding hydrogens is 462 g/mol. The van der Waals surface area contributed by atoms with Gasteiger partial charge < -0.3 is 10.1 Å². The summed E-state index contributed by atoms with van der Waals surface area (Å²) < 4.78 is 6.07. The third kappa shape index (κ3) is 8.82. The fraction of sp³-hybridized carbons (Fsp3) is 0.714. The molecule has 1 aliphatic heterocycles. The summed E-state index contributed by atoms with van der Waals surface area (Å²) >= 11 is 0. The van der Waals surface area contributed by atoms with Gasteiger partial charge in [-0.2, -0.15) is 0 Å². The number of esters is 1. The second-order valence-corrected chi connectivity index (χ2v) is 13.7. The lowest BCUT2D eigenvalue weighted by Crippen LogP contribution is -2.46. The molecule has 1 heterocycles. The van der Waals surface area contributed by atoms with E-state index in [1.807, 2.05) is 51.9 Å². The maximum absolute atomic E-state index is 13.1. The number of nitrogens with one attached hydrogen (secondary N) is 1. The molecular formula is C28H43NO3S2. The zero-order valence-corrected chi connectivity index (χ0v) is 22.9. The molecule has 1 saturated carbocycles. The number of ether oxygens (including phenoxy) is 1. The molecule has 190 valence electrons.